The average molecular weight is 332 g/mol. The Morgan fingerprint density at radius 2 is 2.08 bits per heavy atom. The summed E-state index contributed by atoms with van der Waals surface area (Å²) >= 11 is 7.86. The van der Waals surface area contributed by atoms with Gasteiger partial charge >= 0.3 is 0 Å². The second-order valence-corrected chi connectivity index (χ2v) is 3.97. The van der Waals surface area contributed by atoms with Crippen LogP contribution in [0.15, 0.2) is 18.2 Å². The molecule has 0 aliphatic rings. The molecule has 0 saturated heterocycles. The van der Waals surface area contributed by atoms with Gasteiger partial charge in [0.25, 0.3) is 0 Å². The summed E-state index contributed by atoms with van der Waals surface area (Å²) in [6, 6.07) is 5.18. The summed E-state index contributed by atoms with van der Waals surface area (Å²) in [5.74, 6) is -0.0876. The molecule has 0 aliphatic carbocycles. The van der Waals surface area contributed by atoms with E-state index in [0.29, 0.717) is 10.6 Å². The summed E-state index contributed by atoms with van der Waals surface area (Å²) in [5.41, 5.74) is 5.79. The zero-order valence-corrected chi connectivity index (χ0v) is 10.3. The van der Waals surface area contributed by atoms with Gasteiger partial charge in [-0.2, -0.15) is 0 Å². The second kappa shape index (κ2) is 5.80. The fourth-order valence-electron chi connectivity index (χ4n) is 0.833. The van der Waals surface area contributed by atoms with E-state index in [2.05, 4.69) is 22.6 Å². The molecule has 0 aliphatic heterocycles. The van der Waals surface area contributed by atoms with Gasteiger partial charge in [0.15, 0.2) is 5.78 Å². The normalized spacial score (nSPS) is 9.15. The van der Waals surface area contributed by atoms with Crippen molar-refractivity contribution in [3.8, 4) is 0 Å². The first-order valence-corrected chi connectivity index (χ1v) is 4.78. The Balaban J connectivity index is 0.00000144. The van der Waals surface area contributed by atoms with E-state index in [9.17, 15) is 4.79 Å². The van der Waals surface area contributed by atoms with Gasteiger partial charge in [-0.25, -0.2) is 0 Å². The minimum absolute atomic E-state index is 0. The molecular formula is C8H8Cl2INO. The number of halogens is 3. The predicted octanol–water partition coefficient (Wildman–Crippen LogP) is 2.51. The summed E-state index contributed by atoms with van der Waals surface area (Å²) in [5, 5.41) is 0.568. The smallest absolute Gasteiger partial charge is 0.176 e. The molecular weight excluding hydrogens is 324 g/mol. The molecule has 13 heavy (non-hydrogen) atoms. The number of ketones is 1. The highest BCUT2D eigenvalue weighted by Crippen LogP contribution is 2.16. The molecule has 0 atom stereocenters. The number of nitrogens with two attached hydrogens (primary N) is 1. The summed E-state index contributed by atoms with van der Waals surface area (Å²) in [4.78, 5) is 11.1. The van der Waals surface area contributed by atoms with Crippen molar-refractivity contribution in [2.24, 2.45) is 5.73 Å². The molecule has 72 valence electrons. The van der Waals surface area contributed by atoms with Crippen molar-refractivity contribution >= 4 is 52.4 Å². The third kappa shape index (κ3) is 3.81. The van der Waals surface area contributed by atoms with Gasteiger partial charge in [0, 0.05) is 14.2 Å². The van der Waals surface area contributed by atoms with Gasteiger partial charge in [0.1, 0.15) is 0 Å². The van der Waals surface area contributed by atoms with Crippen molar-refractivity contribution < 1.29 is 4.79 Å². The van der Waals surface area contributed by atoms with Gasteiger partial charge in [-0.05, 0) is 40.8 Å². The Hall–Kier alpha value is 0.160. The fourth-order valence-corrected chi connectivity index (χ4v) is 1.92. The van der Waals surface area contributed by atoms with E-state index >= 15 is 0 Å². The Bertz CT molecular complexity index is 297. The molecule has 0 fully saturated rings. The van der Waals surface area contributed by atoms with Gasteiger partial charge in [0.2, 0.25) is 0 Å². The van der Waals surface area contributed by atoms with Crippen LogP contribution in [0, 0.1) is 3.57 Å². The Kier molecular flexibility index (Phi) is 5.87. The lowest BCUT2D eigenvalue weighted by atomic mass is 10.1. The third-order valence-corrected chi connectivity index (χ3v) is 2.21. The quantitative estimate of drug-likeness (QED) is 0.668. The van der Waals surface area contributed by atoms with Crippen LogP contribution in [-0.4, -0.2) is 12.3 Å². The summed E-state index contributed by atoms with van der Waals surface area (Å²) < 4.78 is 0.942. The summed E-state index contributed by atoms with van der Waals surface area (Å²) in [7, 11) is 0. The Morgan fingerprint density at radius 3 is 2.54 bits per heavy atom. The molecule has 0 amide bonds. The van der Waals surface area contributed by atoms with Gasteiger partial charge in [-0.3, -0.25) is 4.79 Å². The van der Waals surface area contributed by atoms with Gasteiger partial charge < -0.3 is 5.73 Å². The van der Waals surface area contributed by atoms with Crippen LogP contribution in [0.3, 0.4) is 0 Å². The molecule has 0 radical (unpaired) electrons. The number of rotatable bonds is 2. The molecule has 0 spiro atoms. The van der Waals surface area contributed by atoms with Crippen molar-refractivity contribution in [2.45, 2.75) is 0 Å². The molecule has 0 bridgehead atoms. The highest BCUT2D eigenvalue weighted by Gasteiger charge is 2.04. The Morgan fingerprint density at radius 1 is 1.46 bits per heavy atom. The van der Waals surface area contributed by atoms with E-state index in [-0.39, 0.29) is 24.7 Å². The monoisotopic (exact) mass is 331 g/mol. The maximum atomic E-state index is 11.1. The molecule has 2 N–H and O–H groups in total. The van der Waals surface area contributed by atoms with Crippen LogP contribution in [0.5, 0.6) is 0 Å². The predicted molar refractivity (Wildman–Crippen MR) is 64.8 cm³/mol. The molecule has 1 rings (SSSR count). The lowest BCUT2D eigenvalue weighted by Crippen LogP contribution is -2.13. The van der Waals surface area contributed by atoms with Crippen LogP contribution in [-0.2, 0) is 0 Å². The number of carbonyl (C=O) groups excluding carboxylic acids is 1. The first-order valence-electron chi connectivity index (χ1n) is 3.33. The number of hydrogen-bond acceptors (Lipinski definition) is 2. The standard InChI is InChI=1S/C8H7ClINO.ClH/c9-6-1-5(8(12)4-11)2-7(10)3-6;/h1-3H,4,11H2;1H. The van der Waals surface area contributed by atoms with Crippen molar-refractivity contribution in [3.63, 3.8) is 0 Å². The second-order valence-electron chi connectivity index (χ2n) is 2.29. The average Bonchev–Trinajstić information content (AvgIpc) is 2.01. The van der Waals surface area contributed by atoms with E-state index in [0.717, 1.165) is 3.57 Å². The molecule has 0 heterocycles. The van der Waals surface area contributed by atoms with Crippen molar-refractivity contribution in [2.75, 3.05) is 6.54 Å². The molecule has 2 nitrogen and oxygen atoms in total. The zero-order valence-electron chi connectivity index (χ0n) is 6.59. The zero-order chi connectivity index (χ0) is 9.14. The van der Waals surface area contributed by atoms with Crippen LogP contribution < -0.4 is 5.73 Å². The maximum absolute atomic E-state index is 11.1. The van der Waals surface area contributed by atoms with E-state index in [1.54, 1.807) is 18.2 Å². The lowest BCUT2D eigenvalue weighted by molar-refractivity contribution is 0.100. The van der Waals surface area contributed by atoms with Crippen molar-refractivity contribution in [3.05, 3.63) is 32.4 Å². The van der Waals surface area contributed by atoms with Crippen molar-refractivity contribution in [1.82, 2.24) is 0 Å². The molecule has 5 heteroatoms. The Labute approximate surface area is 101 Å². The van der Waals surface area contributed by atoms with Gasteiger partial charge in [-0.15, -0.1) is 12.4 Å². The molecule has 0 saturated carbocycles. The molecule has 0 unspecified atom stereocenters. The highest BCUT2D eigenvalue weighted by molar-refractivity contribution is 14.1. The van der Waals surface area contributed by atoms with Crippen LogP contribution in [0.4, 0.5) is 0 Å². The highest BCUT2D eigenvalue weighted by atomic mass is 127. The van der Waals surface area contributed by atoms with E-state index in [4.69, 9.17) is 17.3 Å². The molecule has 1 aromatic carbocycles. The first-order chi connectivity index (χ1) is 5.63. The van der Waals surface area contributed by atoms with Gasteiger partial charge in [0.05, 0.1) is 6.54 Å². The number of benzene rings is 1. The lowest BCUT2D eigenvalue weighted by Gasteiger charge is -1.99. The van der Waals surface area contributed by atoms with E-state index in [1.165, 1.54) is 0 Å². The van der Waals surface area contributed by atoms with Crippen molar-refractivity contribution in [1.29, 1.82) is 0 Å². The van der Waals surface area contributed by atoms with E-state index < -0.39 is 0 Å². The summed E-state index contributed by atoms with van der Waals surface area (Å²) in [6.45, 7) is 0.0242. The van der Waals surface area contributed by atoms with Crippen LogP contribution in [0.1, 0.15) is 10.4 Å². The minimum atomic E-state index is -0.0876. The third-order valence-electron chi connectivity index (χ3n) is 1.37. The van der Waals surface area contributed by atoms with Crippen LogP contribution >= 0.6 is 46.6 Å². The topological polar surface area (TPSA) is 43.1 Å². The maximum Gasteiger partial charge on any atom is 0.176 e. The van der Waals surface area contributed by atoms with Crippen LogP contribution in [0.2, 0.25) is 5.02 Å². The van der Waals surface area contributed by atoms with Gasteiger partial charge in [-0.1, -0.05) is 11.6 Å². The summed E-state index contributed by atoms with van der Waals surface area (Å²) in [6.07, 6.45) is 0. The SMILES string of the molecule is Cl.NCC(=O)c1cc(Cl)cc(I)c1. The largest absolute Gasteiger partial charge is 0.324 e. The number of hydrogen-bond donors (Lipinski definition) is 1. The van der Waals surface area contributed by atoms with Crippen LogP contribution in [0.25, 0.3) is 0 Å². The minimum Gasteiger partial charge on any atom is -0.324 e. The first kappa shape index (κ1) is 13.2. The molecule has 1 aromatic rings. The van der Waals surface area contributed by atoms with E-state index in [1.807, 2.05) is 0 Å². The molecule has 0 aromatic heterocycles. The number of Topliss-reactive ketones (excluding diaryl/α,β-unsaturated/α-hetero) is 1. The fraction of sp³-hybridized carbons (Fsp3) is 0.125. The number of carbonyl (C=O) groups is 1.